The fourth-order valence-corrected chi connectivity index (χ4v) is 11.6. The molecule has 42 heavy (non-hydrogen) atoms. The van der Waals surface area contributed by atoms with Crippen molar-refractivity contribution in [1.29, 1.82) is 0 Å². The quantitative estimate of drug-likeness (QED) is 0.385. The number of fused-ring (bicyclic) bond motifs is 6. The highest BCUT2D eigenvalue weighted by molar-refractivity contribution is 5.82. The van der Waals surface area contributed by atoms with Crippen molar-refractivity contribution in [2.75, 3.05) is 0 Å². The third-order valence-electron chi connectivity index (χ3n) is 13.4. The number of rotatable bonds is 3. The van der Waals surface area contributed by atoms with E-state index in [0.29, 0.717) is 34.2 Å². The highest BCUT2D eigenvalue weighted by atomic mass is 16.3. The largest absolute Gasteiger partial charge is 0.507 e. The van der Waals surface area contributed by atoms with Crippen molar-refractivity contribution in [2.24, 2.45) is 22.7 Å². The summed E-state index contributed by atoms with van der Waals surface area (Å²) >= 11 is 0. The first-order chi connectivity index (χ1) is 19.5. The standard InChI is InChI=1S/C40H58O2/c1-23(2)33-25-13-15-31-37(5,6)17-11-19-39(31,9)29(25)21-27(35(33)41)28-22-30-26(34(24(3)4)36(28)42)14-16-32-38(7,8)18-12-20-40(30,32)10/h21-24,31-32,41-42H,11-20H2,1-10H3/t31-,32+,39+,40-. The molecule has 0 aromatic heterocycles. The molecule has 0 aliphatic heterocycles. The van der Waals surface area contributed by atoms with Crippen LogP contribution in [0.2, 0.25) is 0 Å². The number of phenols is 2. The highest BCUT2D eigenvalue weighted by Gasteiger charge is 2.52. The Morgan fingerprint density at radius 3 is 1.29 bits per heavy atom. The van der Waals surface area contributed by atoms with E-state index in [0.717, 1.165) is 35.1 Å². The molecule has 2 N–H and O–H groups in total. The summed E-state index contributed by atoms with van der Waals surface area (Å²) in [4.78, 5) is 0. The van der Waals surface area contributed by atoms with Gasteiger partial charge in [-0.3, -0.25) is 0 Å². The lowest BCUT2D eigenvalue weighted by atomic mass is 9.49. The van der Waals surface area contributed by atoms with Crippen LogP contribution in [0.15, 0.2) is 12.1 Å². The maximum Gasteiger partial charge on any atom is 0.127 e. The van der Waals surface area contributed by atoms with Crippen LogP contribution in [0.4, 0.5) is 0 Å². The summed E-state index contributed by atoms with van der Waals surface area (Å²) in [6, 6.07) is 4.70. The Labute approximate surface area is 256 Å². The molecule has 2 aromatic carbocycles. The van der Waals surface area contributed by atoms with Gasteiger partial charge < -0.3 is 10.2 Å². The van der Waals surface area contributed by atoms with Gasteiger partial charge in [0, 0.05) is 22.3 Å². The molecule has 230 valence electrons. The lowest BCUT2D eigenvalue weighted by Gasteiger charge is -2.55. The minimum Gasteiger partial charge on any atom is -0.507 e. The van der Waals surface area contributed by atoms with Crippen LogP contribution in [0.25, 0.3) is 11.1 Å². The van der Waals surface area contributed by atoms with Gasteiger partial charge in [0.2, 0.25) is 0 Å². The molecule has 4 aliphatic rings. The molecule has 2 fully saturated rings. The molecule has 2 saturated carbocycles. The van der Waals surface area contributed by atoms with E-state index in [-0.39, 0.29) is 22.7 Å². The first kappa shape index (κ1) is 30.1. The number of phenolic OH excluding ortho intramolecular Hbond substituents is 2. The van der Waals surface area contributed by atoms with Gasteiger partial charge >= 0.3 is 0 Å². The van der Waals surface area contributed by atoms with Crippen LogP contribution in [0.3, 0.4) is 0 Å². The van der Waals surface area contributed by atoms with Crippen LogP contribution in [-0.4, -0.2) is 10.2 Å². The van der Waals surface area contributed by atoms with Crippen molar-refractivity contribution >= 4 is 0 Å². The fourth-order valence-electron chi connectivity index (χ4n) is 11.6. The molecule has 0 radical (unpaired) electrons. The van der Waals surface area contributed by atoms with E-state index in [9.17, 15) is 10.2 Å². The number of aromatic hydroxyl groups is 2. The number of hydrogen-bond donors (Lipinski definition) is 2. The SMILES string of the molecule is CC(C)c1c(O)c(-c2cc3c(c(C(C)C)c2O)CC[C@H]2C(C)(C)CCC[C@]32C)cc2c1CC[C@@H]1C(C)(C)CCC[C@@]21C. The van der Waals surface area contributed by atoms with Crippen molar-refractivity contribution in [3.8, 4) is 22.6 Å². The van der Waals surface area contributed by atoms with E-state index in [1.165, 1.54) is 73.6 Å². The van der Waals surface area contributed by atoms with Gasteiger partial charge in [-0.25, -0.2) is 0 Å². The van der Waals surface area contributed by atoms with E-state index >= 15 is 0 Å². The van der Waals surface area contributed by atoms with Crippen molar-refractivity contribution in [3.05, 3.63) is 45.5 Å². The average molecular weight is 571 g/mol. The van der Waals surface area contributed by atoms with Crippen LogP contribution < -0.4 is 0 Å². The second-order valence-corrected chi connectivity index (χ2v) is 17.4. The minimum absolute atomic E-state index is 0.0938. The van der Waals surface area contributed by atoms with Crippen LogP contribution >= 0.6 is 0 Å². The molecule has 2 aromatic rings. The monoisotopic (exact) mass is 570 g/mol. The molecule has 4 atom stereocenters. The van der Waals surface area contributed by atoms with E-state index in [2.05, 4.69) is 81.4 Å². The molecular formula is C40H58O2. The minimum atomic E-state index is 0.0938. The van der Waals surface area contributed by atoms with Crippen molar-refractivity contribution in [3.63, 3.8) is 0 Å². The molecule has 0 spiro atoms. The van der Waals surface area contributed by atoms with Crippen molar-refractivity contribution in [1.82, 2.24) is 0 Å². The molecule has 0 heterocycles. The fraction of sp³-hybridized carbons (Fsp3) is 0.700. The maximum atomic E-state index is 12.2. The third-order valence-corrected chi connectivity index (χ3v) is 13.4. The van der Waals surface area contributed by atoms with Crippen LogP contribution in [0, 0.1) is 22.7 Å². The van der Waals surface area contributed by atoms with Crippen LogP contribution in [0.5, 0.6) is 11.5 Å². The van der Waals surface area contributed by atoms with Gasteiger partial charge in [0.1, 0.15) is 11.5 Å². The Morgan fingerprint density at radius 1 is 0.595 bits per heavy atom. The van der Waals surface area contributed by atoms with Crippen molar-refractivity contribution in [2.45, 2.75) is 156 Å². The zero-order valence-corrected chi connectivity index (χ0v) is 28.4. The second kappa shape index (κ2) is 9.77. The zero-order chi connectivity index (χ0) is 30.6. The van der Waals surface area contributed by atoms with Gasteiger partial charge in [0.15, 0.2) is 0 Å². The molecule has 4 aliphatic carbocycles. The molecule has 0 unspecified atom stereocenters. The Balaban J connectivity index is 1.64. The van der Waals surface area contributed by atoms with Gasteiger partial charge in [0.05, 0.1) is 0 Å². The Kier molecular flexibility index (Phi) is 7.00. The molecule has 0 amide bonds. The Bertz CT molecular complexity index is 1300. The molecule has 0 saturated heterocycles. The van der Waals surface area contributed by atoms with Gasteiger partial charge in [0.25, 0.3) is 0 Å². The highest BCUT2D eigenvalue weighted by Crippen LogP contribution is 2.62. The summed E-state index contributed by atoms with van der Waals surface area (Å²) < 4.78 is 0. The predicted molar refractivity (Wildman–Crippen MR) is 177 cm³/mol. The van der Waals surface area contributed by atoms with Gasteiger partial charge in [-0.05, 0) is 131 Å². The summed E-state index contributed by atoms with van der Waals surface area (Å²) in [5.41, 5.74) is 10.5. The normalized spacial score (nSPS) is 31.3. The lowest BCUT2D eigenvalue weighted by Crippen LogP contribution is -2.48. The average Bonchev–Trinajstić information content (AvgIpc) is 2.86. The topological polar surface area (TPSA) is 40.5 Å². The van der Waals surface area contributed by atoms with Gasteiger partial charge in [-0.2, -0.15) is 0 Å². The Morgan fingerprint density at radius 2 is 0.952 bits per heavy atom. The van der Waals surface area contributed by atoms with E-state index in [1.807, 2.05) is 0 Å². The lowest BCUT2D eigenvalue weighted by molar-refractivity contribution is 0.0402. The molecule has 2 heteroatoms. The summed E-state index contributed by atoms with van der Waals surface area (Å²) in [7, 11) is 0. The maximum absolute atomic E-state index is 12.2. The summed E-state index contributed by atoms with van der Waals surface area (Å²) in [6.07, 6.45) is 12.0. The predicted octanol–water partition coefficient (Wildman–Crippen LogP) is 11.1. The zero-order valence-electron chi connectivity index (χ0n) is 28.4. The first-order valence-corrected chi connectivity index (χ1v) is 17.3. The van der Waals surface area contributed by atoms with Crippen LogP contribution in [-0.2, 0) is 23.7 Å². The third kappa shape index (κ3) is 4.16. The van der Waals surface area contributed by atoms with E-state index < -0.39 is 0 Å². The second-order valence-electron chi connectivity index (χ2n) is 17.4. The molecule has 6 rings (SSSR count). The van der Waals surface area contributed by atoms with Gasteiger partial charge in [-0.1, -0.05) is 82.1 Å². The van der Waals surface area contributed by atoms with Gasteiger partial charge in [-0.15, -0.1) is 0 Å². The summed E-state index contributed by atoms with van der Waals surface area (Å²) in [5, 5.41) is 24.4. The summed E-state index contributed by atoms with van der Waals surface area (Å²) in [6.45, 7) is 23.9. The smallest absolute Gasteiger partial charge is 0.127 e. The van der Waals surface area contributed by atoms with Crippen molar-refractivity contribution < 1.29 is 10.2 Å². The Hall–Kier alpha value is -1.96. The summed E-state index contributed by atoms with van der Waals surface area (Å²) in [5.74, 6) is 2.54. The van der Waals surface area contributed by atoms with E-state index in [4.69, 9.17) is 0 Å². The van der Waals surface area contributed by atoms with E-state index in [1.54, 1.807) is 0 Å². The first-order valence-electron chi connectivity index (χ1n) is 17.3. The molecule has 2 nitrogen and oxygen atoms in total. The molecular weight excluding hydrogens is 512 g/mol. The molecule has 0 bridgehead atoms. The number of benzene rings is 2. The number of hydrogen-bond acceptors (Lipinski definition) is 2. The van der Waals surface area contributed by atoms with Crippen LogP contribution in [0.1, 0.15) is 166 Å².